The maximum absolute atomic E-state index is 12.4. The summed E-state index contributed by atoms with van der Waals surface area (Å²) in [6.45, 7) is 5.15. The maximum atomic E-state index is 12.4. The predicted octanol–water partition coefficient (Wildman–Crippen LogP) is 2.04. The number of nitrogens with two attached hydrogens (primary N) is 1. The molecule has 0 spiro atoms. The smallest absolute Gasteiger partial charge is 0.233 e. The van der Waals surface area contributed by atoms with Gasteiger partial charge >= 0.3 is 0 Å². The Morgan fingerprint density at radius 3 is 2.76 bits per heavy atom. The number of thioether (sulfide) groups is 1. The minimum atomic E-state index is 0.0410. The molecule has 0 saturated carbocycles. The number of nitrogens with zero attached hydrogens (tertiary/aromatic N) is 4. The Morgan fingerprint density at radius 2 is 2.08 bits per heavy atom. The van der Waals surface area contributed by atoms with Crippen LogP contribution in [0.3, 0.4) is 0 Å². The van der Waals surface area contributed by atoms with Crippen LogP contribution >= 0.6 is 23.4 Å². The number of carbonyl (C=O) groups is 1. The fraction of sp³-hybridized carbons (Fsp3) is 0.438. The number of rotatable bonds is 4. The third-order valence-electron chi connectivity index (χ3n) is 3.84. The molecule has 1 saturated heterocycles. The molecule has 1 aromatic heterocycles. The number of morpholine rings is 1. The fourth-order valence-electron chi connectivity index (χ4n) is 2.80. The van der Waals surface area contributed by atoms with Gasteiger partial charge in [0.15, 0.2) is 5.82 Å². The zero-order valence-corrected chi connectivity index (χ0v) is 15.6. The highest BCUT2D eigenvalue weighted by Crippen LogP contribution is 2.24. The van der Waals surface area contributed by atoms with Gasteiger partial charge in [-0.15, -0.1) is 10.2 Å². The molecule has 1 aliphatic heterocycles. The highest BCUT2D eigenvalue weighted by Gasteiger charge is 2.26. The van der Waals surface area contributed by atoms with Gasteiger partial charge in [0, 0.05) is 23.7 Å². The average Bonchev–Trinajstić information content (AvgIpc) is 2.92. The Bertz CT molecular complexity index is 759. The molecular weight excluding hydrogens is 362 g/mol. The van der Waals surface area contributed by atoms with Crippen LogP contribution in [-0.4, -0.2) is 56.7 Å². The molecule has 2 atom stereocenters. The number of benzene rings is 1. The first-order valence-corrected chi connectivity index (χ1v) is 9.33. The zero-order valence-electron chi connectivity index (χ0n) is 14.1. The molecule has 7 nitrogen and oxygen atoms in total. The molecule has 9 heteroatoms. The summed E-state index contributed by atoms with van der Waals surface area (Å²) in [5.74, 6) is 6.88. The normalized spacial score (nSPS) is 20.7. The van der Waals surface area contributed by atoms with Crippen LogP contribution in [0.4, 0.5) is 0 Å². The van der Waals surface area contributed by atoms with Crippen LogP contribution in [0.2, 0.25) is 5.02 Å². The predicted molar refractivity (Wildman–Crippen MR) is 97.9 cm³/mol. The number of hydrogen-bond acceptors (Lipinski definition) is 6. The zero-order chi connectivity index (χ0) is 18.0. The van der Waals surface area contributed by atoms with Crippen LogP contribution in [0.1, 0.15) is 13.8 Å². The van der Waals surface area contributed by atoms with E-state index in [0.717, 1.165) is 5.56 Å². The second-order valence-corrected chi connectivity index (χ2v) is 7.41. The van der Waals surface area contributed by atoms with Gasteiger partial charge in [0.05, 0.1) is 18.0 Å². The molecule has 2 heterocycles. The molecule has 134 valence electrons. The van der Waals surface area contributed by atoms with Crippen LogP contribution in [0.15, 0.2) is 29.4 Å². The van der Waals surface area contributed by atoms with Gasteiger partial charge in [0.1, 0.15) is 0 Å². The SMILES string of the molecule is C[C@H]1CN(C(=O)CSc2nnc(-c3cccc(Cl)c3)n2N)C[C@H](C)O1. The molecule has 2 aromatic rings. The summed E-state index contributed by atoms with van der Waals surface area (Å²) in [4.78, 5) is 14.2. The van der Waals surface area contributed by atoms with Gasteiger partial charge in [-0.2, -0.15) is 0 Å². The highest BCUT2D eigenvalue weighted by atomic mass is 35.5. The third-order valence-corrected chi connectivity index (χ3v) is 5.01. The Hall–Kier alpha value is -1.77. The van der Waals surface area contributed by atoms with Crippen molar-refractivity contribution in [1.82, 2.24) is 19.8 Å². The van der Waals surface area contributed by atoms with E-state index in [9.17, 15) is 4.79 Å². The fourth-order valence-corrected chi connectivity index (χ4v) is 3.75. The second-order valence-electron chi connectivity index (χ2n) is 6.03. The van der Waals surface area contributed by atoms with Gasteiger partial charge < -0.3 is 15.5 Å². The van der Waals surface area contributed by atoms with Crippen LogP contribution in [0.25, 0.3) is 11.4 Å². The minimum Gasteiger partial charge on any atom is -0.372 e. The molecule has 0 unspecified atom stereocenters. The maximum Gasteiger partial charge on any atom is 0.233 e. The van der Waals surface area contributed by atoms with E-state index in [-0.39, 0.29) is 23.9 Å². The average molecular weight is 382 g/mol. The lowest BCUT2D eigenvalue weighted by atomic mass is 10.2. The molecule has 0 radical (unpaired) electrons. The quantitative estimate of drug-likeness (QED) is 0.644. The Labute approximate surface area is 155 Å². The highest BCUT2D eigenvalue weighted by molar-refractivity contribution is 7.99. The summed E-state index contributed by atoms with van der Waals surface area (Å²) in [6.07, 6.45) is 0.0931. The third kappa shape index (κ3) is 4.26. The van der Waals surface area contributed by atoms with Crippen molar-refractivity contribution in [3.63, 3.8) is 0 Å². The molecule has 0 bridgehead atoms. The monoisotopic (exact) mass is 381 g/mol. The topological polar surface area (TPSA) is 86.3 Å². The van der Waals surface area contributed by atoms with Gasteiger partial charge in [-0.05, 0) is 26.0 Å². The number of nitrogen functional groups attached to an aromatic ring is 1. The number of aromatic nitrogens is 3. The lowest BCUT2D eigenvalue weighted by Gasteiger charge is -2.35. The van der Waals surface area contributed by atoms with Crippen molar-refractivity contribution in [3.8, 4) is 11.4 Å². The van der Waals surface area contributed by atoms with E-state index in [2.05, 4.69) is 10.2 Å². The first-order chi connectivity index (χ1) is 11.9. The van der Waals surface area contributed by atoms with Crippen molar-refractivity contribution in [1.29, 1.82) is 0 Å². The van der Waals surface area contributed by atoms with Crippen molar-refractivity contribution in [2.24, 2.45) is 0 Å². The van der Waals surface area contributed by atoms with Gasteiger partial charge in [0.25, 0.3) is 0 Å². The van der Waals surface area contributed by atoms with Crippen molar-refractivity contribution < 1.29 is 9.53 Å². The van der Waals surface area contributed by atoms with Crippen LogP contribution in [-0.2, 0) is 9.53 Å². The lowest BCUT2D eigenvalue weighted by Crippen LogP contribution is -2.48. The molecule has 25 heavy (non-hydrogen) atoms. The Kier molecular flexibility index (Phi) is 5.51. The van der Waals surface area contributed by atoms with E-state index < -0.39 is 0 Å². The number of hydrogen-bond donors (Lipinski definition) is 1. The van der Waals surface area contributed by atoms with Gasteiger partial charge in [-0.1, -0.05) is 35.5 Å². The largest absolute Gasteiger partial charge is 0.372 e. The number of halogens is 1. The van der Waals surface area contributed by atoms with Gasteiger partial charge in [0.2, 0.25) is 11.1 Å². The van der Waals surface area contributed by atoms with E-state index >= 15 is 0 Å². The molecule has 1 aromatic carbocycles. The van der Waals surface area contributed by atoms with Crippen LogP contribution in [0.5, 0.6) is 0 Å². The summed E-state index contributed by atoms with van der Waals surface area (Å²) < 4.78 is 7.04. The minimum absolute atomic E-state index is 0.0410. The summed E-state index contributed by atoms with van der Waals surface area (Å²) in [5, 5.41) is 9.27. The lowest BCUT2D eigenvalue weighted by molar-refractivity contribution is -0.140. The first kappa shape index (κ1) is 18.0. The van der Waals surface area contributed by atoms with E-state index in [1.165, 1.54) is 16.4 Å². The van der Waals surface area contributed by atoms with E-state index in [4.69, 9.17) is 22.2 Å². The van der Waals surface area contributed by atoms with E-state index in [1.54, 1.807) is 12.1 Å². The van der Waals surface area contributed by atoms with Crippen LogP contribution < -0.4 is 5.84 Å². The summed E-state index contributed by atoms with van der Waals surface area (Å²) in [5.41, 5.74) is 0.775. The summed E-state index contributed by atoms with van der Waals surface area (Å²) >= 11 is 7.27. The van der Waals surface area contributed by atoms with Crippen LogP contribution in [0, 0.1) is 0 Å². The van der Waals surface area contributed by atoms with E-state index in [0.29, 0.717) is 29.1 Å². The number of carbonyl (C=O) groups excluding carboxylic acids is 1. The Balaban J connectivity index is 1.65. The molecule has 1 aliphatic rings. The van der Waals surface area contributed by atoms with Crippen molar-refractivity contribution in [2.45, 2.75) is 31.2 Å². The standard InChI is InChI=1S/C16H20ClN5O2S/c1-10-7-21(8-11(2)24-10)14(23)9-25-16-20-19-15(22(16)18)12-4-3-5-13(17)6-12/h3-6,10-11H,7-9,18H2,1-2H3/t10-,11-/m0/s1. The molecule has 1 fully saturated rings. The van der Waals surface area contributed by atoms with Crippen molar-refractivity contribution >= 4 is 29.3 Å². The first-order valence-electron chi connectivity index (χ1n) is 7.96. The van der Waals surface area contributed by atoms with Crippen molar-refractivity contribution in [2.75, 3.05) is 24.7 Å². The summed E-state index contributed by atoms with van der Waals surface area (Å²) in [6, 6.07) is 7.23. The molecule has 1 amide bonds. The Morgan fingerprint density at radius 1 is 1.36 bits per heavy atom. The summed E-state index contributed by atoms with van der Waals surface area (Å²) in [7, 11) is 0. The second kappa shape index (κ2) is 7.63. The molecule has 2 N–H and O–H groups in total. The van der Waals surface area contributed by atoms with Gasteiger partial charge in [-0.3, -0.25) is 4.79 Å². The molecule has 3 rings (SSSR count). The van der Waals surface area contributed by atoms with Crippen molar-refractivity contribution in [3.05, 3.63) is 29.3 Å². The molecule has 0 aliphatic carbocycles. The van der Waals surface area contributed by atoms with E-state index in [1.807, 2.05) is 30.9 Å². The number of amides is 1. The number of ether oxygens (including phenoxy) is 1. The van der Waals surface area contributed by atoms with Gasteiger partial charge in [-0.25, -0.2) is 4.68 Å². The molecular formula is C16H20ClN5O2S.